The molecule has 0 spiro atoms. The molecule has 3 heterocycles. The SMILES string of the molecule is C1COCCN1.CC(C)(C)c1ccc(C(=O)C(C)(C)N2CCOCC2)cc1.COC1(c2ccc(C(C)(C)C)cc2)OC1(C)C. The van der Waals surface area contributed by atoms with Gasteiger partial charge in [-0.15, -0.1) is 0 Å². The second-order valence-corrected chi connectivity index (χ2v) is 14.9. The van der Waals surface area contributed by atoms with Crippen LogP contribution in [0.5, 0.6) is 0 Å². The number of Topliss-reactive ketones (excluding diaryl/α,β-unsaturated/α-hetero) is 1. The molecule has 44 heavy (non-hydrogen) atoms. The van der Waals surface area contributed by atoms with E-state index in [0.717, 1.165) is 50.5 Å². The minimum absolute atomic E-state index is 0.112. The summed E-state index contributed by atoms with van der Waals surface area (Å²) in [4.78, 5) is 15.1. The van der Waals surface area contributed by atoms with Gasteiger partial charge in [0.05, 0.1) is 32.0 Å². The Morgan fingerprint density at radius 1 is 0.750 bits per heavy atom. The number of hydrogen-bond acceptors (Lipinski definition) is 7. The van der Waals surface area contributed by atoms with Crippen molar-refractivity contribution in [2.45, 2.75) is 97.0 Å². The third kappa shape index (κ3) is 8.99. The van der Waals surface area contributed by atoms with Crippen molar-refractivity contribution in [3.8, 4) is 0 Å². The molecule has 2 aromatic carbocycles. The van der Waals surface area contributed by atoms with Gasteiger partial charge in [-0.25, -0.2) is 0 Å². The normalized spacial score (nSPS) is 22.2. The number of epoxide rings is 1. The molecular weight excluding hydrogens is 552 g/mol. The van der Waals surface area contributed by atoms with Crippen LogP contribution < -0.4 is 5.32 Å². The summed E-state index contributed by atoms with van der Waals surface area (Å²) in [5, 5.41) is 3.16. The van der Waals surface area contributed by atoms with E-state index in [9.17, 15) is 4.79 Å². The zero-order valence-corrected chi connectivity index (χ0v) is 29.3. The predicted molar refractivity (Wildman–Crippen MR) is 179 cm³/mol. The van der Waals surface area contributed by atoms with Gasteiger partial charge in [-0.05, 0) is 49.7 Å². The summed E-state index contributed by atoms with van der Waals surface area (Å²) in [7, 11) is 1.70. The Balaban J connectivity index is 0.000000205. The largest absolute Gasteiger partial charge is 0.379 e. The van der Waals surface area contributed by atoms with Crippen LogP contribution in [0.1, 0.15) is 96.3 Å². The second kappa shape index (κ2) is 14.5. The van der Waals surface area contributed by atoms with E-state index in [4.69, 9.17) is 18.9 Å². The molecule has 0 radical (unpaired) electrons. The maximum Gasteiger partial charge on any atom is 0.225 e. The van der Waals surface area contributed by atoms with Crippen molar-refractivity contribution >= 4 is 5.78 Å². The molecule has 7 heteroatoms. The standard InChI is InChI=1S/C18H27NO2.C15H22O2.C4H9NO/c1-17(2,3)15-8-6-14(7-9-15)16(20)18(4,5)19-10-12-21-13-11-19;1-13(2,3)11-7-9-12(10-8-11)15(16-6)14(4,5)17-15;1-3-6-4-2-5-1/h6-9H,10-13H2,1-5H3;7-10H,1-6H3;5H,1-4H2. The Kier molecular flexibility index (Phi) is 12.0. The van der Waals surface area contributed by atoms with E-state index in [0.29, 0.717) is 13.2 Å². The Morgan fingerprint density at radius 3 is 1.52 bits per heavy atom. The third-order valence-electron chi connectivity index (χ3n) is 8.79. The van der Waals surface area contributed by atoms with E-state index in [1.54, 1.807) is 7.11 Å². The summed E-state index contributed by atoms with van der Waals surface area (Å²) in [5.41, 5.74) is 4.05. The zero-order chi connectivity index (χ0) is 32.8. The second-order valence-electron chi connectivity index (χ2n) is 14.9. The summed E-state index contributed by atoms with van der Waals surface area (Å²) in [5.74, 6) is -0.367. The van der Waals surface area contributed by atoms with Crippen molar-refractivity contribution in [3.63, 3.8) is 0 Å². The van der Waals surface area contributed by atoms with Gasteiger partial charge in [-0.3, -0.25) is 9.69 Å². The monoisotopic (exact) mass is 610 g/mol. The Labute approximate surface area is 267 Å². The summed E-state index contributed by atoms with van der Waals surface area (Å²) >= 11 is 0. The van der Waals surface area contributed by atoms with Crippen LogP contribution in [0.3, 0.4) is 0 Å². The highest BCUT2D eigenvalue weighted by atomic mass is 16.8. The number of ketones is 1. The molecule has 3 fully saturated rings. The molecule has 0 bridgehead atoms. The van der Waals surface area contributed by atoms with Gasteiger partial charge < -0.3 is 24.3 Å². The zero-order valence-electron chi connectivity index (χ0n) is 29.3. The van der Waals surface area contributed by atoms with Crippen LogP contribution >= 0.6 is 0 Å². The van der Waals surface area contributed by atoms with E-state index in [1.165, 1.54) is 11.1 Å². The molecule has 1 N–H and O–H groups in total. The first-order valence-corrected chi connectivity index (χ1v) is 16.1. The summed E-state index contributed by atoms with van der Waals surface area (Å²) < 4.78 is 21.7. The minimum atomic E-state index is -0.552. The fourth-order valence-corrected chi connectivity index (χ4v) is 5.59. The van der Waals surface area contributed by atoms with Gasteiger partial charge in [-0.1, -0.05) is 90.1 Å². The average molecular weight is 611 g/mol. The lowest BCUT2D eigenvalue weighted by molar-refractivity contribution is -0.0148. The van der Waals surface area contributed by atoms with E-state index in [-0.39, 0.29) is 22.2 Å². The van der Waals surface area contributed by atoms with Crippen molar-refractivity contribution in [1.29, 1.82) is 0 Å². The molecule has 2 aromatic rings. The Morgan fingerprint density at radius 2 is 1.18 bits per heavy atom. The van der Waals surface area contributed by atoms with Crippen LogP contribution in [-0.2, 0) is 35.6 Å². The Bertz CT molecular complexity index is 1170. The topological polar surface area (TPSA) is 72.6 Å². The first-order valence-electron chi connectivity index (χ1n) is 16.1. The maximum atomic E-state index is 12.8. The van der Waals surface area contributed by atoms with Crippen molar-refractivity contribution in [3.05, 3.63) is 70.8 Å². The van der Waals surface area contributed by atoms with Crippen molar-refractivity contribution in [2.24, 2.45) is 0 Å². The molecule has 3 saturated heterocycles. The smallest absolute Gasteiger partial charge is 0.225 e. The van der Waals surface area contributed by atoms with Gasteiger partial charge in [0.25, 0.3) is 0 Å². The molecule has 246 valence electrons. The molecular formula is C37H58N2O5. The van der Waals surface area contributed by atoms with Gasteiger partial charge in [0, 0.05) is 44.4 Å². The molecule has 7 nitrogen and oxygen atoms in total. The van der Waals surface area contributed by atoms with Crippen molar-refractivity contribution in [2.75, 3.05) is 59.7 Å². The molecule has 0 aliphatic carbocycles. The maximum absolute atomic E-state index is 12.8. The van der Waals surface area contributed by atoms with Crippen LogP contribution in [0.4, 0.5) is 0 Å². The van der Waals surface area contributed by atoms with Crippen LogP contribution in [-0.4, -0.2) is 81.5 Å². The molecule has 0 amide bonds. The fourth-order valence-electron chi connectivity index (χ4n) is 5.59. The number of methoxy groups -OCH3 is 1. The quantitative estimate of drug-likeness (QED) is 0.307. The van der Waals surface area contributed by atoms with E-state index in [1.807, 2.05) is 39.8 Å². The number of carbonyl (C=O) groups is 1. The number of nitrogens with zero attached hydrogens (tertiary/aromatic N) is 1. The predicted octanol–water partition coefficient (Wildman–Crippen LogP) is 6.48. The van der Waals surface area contributed by atoms with Gasteiger partial charge in [-0.2, -0.15) is 0 Å². The molecule has 3 aliphatic rings. The lowest BCUT2D eigenvalue weighted by atomic mass is 9.85. The highest BCUT2D eigenvalue weighted by molar-refractivity contribution is 6.02. The number of nitrogens with one attached hydrogen (secondary N) is 1. The molecule has 0 saturated carbocycles. The Hall–Kier alpha value is -2.13. The van der Waals surface area contributed by atoms with Crippen molar-refractivity contribution < 1.29 is 23.7 Å². The van der Waals surface area contributed by atoms with E-state index < -0.39 is 11.3 Å². The number of rotatable bonds is 5. The number of carbonyl (C=O) groups excluding carboxylic acids is 1. The highest BCUT2D eigenvalue weighted by Gasteiger charge is 2.66. The van der Waals surface area contributed by atoms with E-state index >= 15 is 0 Å². The lowest BCUT2D eigenvalue weighted by Crippen LogP contribution is -2.54. The average Bonchev–Trinajstić information content (AvgIpc) is 3.59. The van der Waals surface area contributed by atoms with Crippen LogP contribution in [0.2, 0.25) is 0 Å². The van der Waals surface area contributed by atoms with Gasteiger partial charge in [0.1, 0.15) is 5.60 Å². The van der Waals surface area contributed by atoms with Gasteiger partial charge in [0.15, 0.2) is 5.78 Å². The number of benzene rings is 2. The first-order chi connectivity index (χ1) is 20.5. The number of morpholine rings is 2. The summed E-state index contributed by atoms with van der Waals surface area (Å²) in [6, 6.07) is 16.6. The van der Waals surface area contributed by atoms with Gasteiger partial charge >= 0.3 is 0 Å². The minimum Gasteiger partial charge on any atom is -0.379 e. The number of ether oxygens (including phenoxy) is 4. The molecule has 1 atom stereocenters. The molecule has 1 unspecified atom stereocenters. The molecule has 5 rings (SSSR count). The van der Waals surface area contributed by atoms with Crippen LogP contribution in [0, 0.1) is 0 Å². The van der Waals surface area contributed by atoms with Gasteiger partial charge in [0.2, 0.25) is 5.79 Å². The fraction of sp³-hybridized carbons (Fsp3) is 0.649. The summed E-state index contributed by atoms with van der Waals surface area (Å²) in [6.07, 6.45) is 0. The summed E-state index contributed by atoms with van der Waals surface area (Å²) in [6.45, 7) is 28.2. The van der Waals surface area contributed by atoms with Crippen LogP contribution in [0.25, 0.3) is 0 Å². The highest BCUT2D eigenvalue weighted by Crippen LogP contribution is 2.55. The molecule has 0 aromatic heterocycles. The van der Waals surface area contributed by atoms with Crippen LogP contribution in [0.15, 0.2) is 48.5 Å². The first kappa shape index (κ1) is 36.3. The number of hydrogen-bond donors (Lipinski definition) is 1. The van der Waals surface area contributed by atoms with Crippen molar-refractivity contribution in [1.82, 2.24) is 10.2 Å². The lowest BCUT2D eigenvalue weighted by Gasteiger charge is -2.39. The molecule has 3 aliphatic heterocycles. The third-order valence-corrected chi connectivity index (χ3v) is 8.79. The van der Waals surface area contributed by atoms with E-state index in [2.05, 4.69) is 88.2 Å².